The maximum absolute atomic E-state index is 12.3. The van der Waals surface area contributed by atoms with Crippen LogP contribution in [0.4, 0.5) is 0 Å². The predicted octanol–water partition coefficient (Wildman–Crippen LogP) is 0.610. The molecule has 1 saturated carbocycles. The first-order valence-electron chi connectivity index (χ1n) is 5.90. The fraction of sp³-hybridized carbons (Fsp3) is 0.769. The topological polar surface area (TPSA) is 55.6 Å². The highest BCUT2D eigenvalue weighted by molar-refractivity contribution is 5.88. The molecule has 4 nitrogen and oxygen atoms in total. The van der Waals surface area contributed by atoms with Crippen molar-refractivity contribution in [3.8, 4) is 12.3 Å². The van der Waals surface area contributed by atoms with E-state index in [1.54, 1.807) is 7.05 Å². The van der Waals surface area contributed by atoms with Crippen molar-refractivity contribution in [1.29, 1.82) is 0 Å². The van der Waals surface area contributed by atoms with Crippen LogP contribution in [0.1, 0.15) is 27.2 Å². The van der Waals surface area contributed by atoms with Gasteiger partial charge in [0.15, 0.2) is 0 Å². The minimum Gasteiger partial charge on any atom is -0.378 e. The highest BCUT2D eigenvalue weighted by atomic mass is 16.5. The first-order valence-corrected chi connectivity index (χ1v) is 5.90. The van der Waals surface area contributed by atoms with Crippen molar-refractivity contribution in [2.24, 2.45) is 11.1 Å². The second kappa shape index (κ2) is 4.67. The number of nitrogens with zero attached hydrogens (tertiary/aromatic N) is 1. The van der Waals surface area contributed by atoms with Crippen molar-refractivity contribution in [2.45, 2.75) is 38.8 Å². The zero-order valence-electron chi connectivity index (χ0n) is 11.1. The normalized spacial score (nSPS) is 30.2. The summed E-state index contributed by atoms with van der Waals surface area (Å²) >= 11 is 0. The first-order chi connectivity index (χ1) is 7.81. The van der Waals surface area contributed by atoms with Gasteiger partial charge in [0.25, 0.3) is 0 Å². The van der Waals surface area contributed by atoms with Gasteiger partial charge >= 0.3 is 0 Å². The van der Waals surface area contributed by atoms with E-state index < -0.39 is 5.54 Å². The van der Waals surface area contributed by atoms with Crippen LogP contribution < -0.4 is 5.73 Å². The Bertz CT molecular complexity index is 346. The predicted molar refractivity (Wildman–Crippen MR) is 67.2 cm³/mol. The average Bonchev–Trinajstić information content (AvgIpc) is 2.27. The number of hydrogen-bond donors (Lipinski definition) is 1. The first kappa shape index (κ1) is 14.0. The molecule has 1 amide bonds. The summed E-state index contributed by atoms with van der Waals surface area (Å²) in [6, 6.07) is 0. The van der Waals surface area contributed by atoms with E-state index >= 15 is 0 Å². The molecule has 0 aromatic carbocycles. The van der Waals surface area contributed by atoms with E-state index in [-0.39, 0.29) is 24.0 Å². The molecule has 0 saturated heterocycles. The number of ether oxygens (including phenoxy) is 1. The van der Waals surface area contributed by atoms with Crippen LogP contribution in [0.25, 0.3) is 0 Å². The number of carbonyl (C=O) groups excluding carboxylic acids is 1. The van der Waals surface area contributed by atoms with E-state index in [0.29, 0.717) is 13.0 Å². The Kier molecular flexibility index (Phi) is 3.85. The Morgan fingerprint density at radius 3 is 2.65 bits per heavy atom. The Hall–Kier alpha value is -1.05. The number of carbonyl (C=O) groups is 1. The average molecular weight is 238 g/mol. The van der Waals surface area contributed by atoms with Gasteiger partial charge in [-0.1, -0.05) is 19.8 Å². The SMILES string of the molecule is C#CCN(C)C(=O)C1(N)CC(OCC)C1(C)C. The molecule has 0 spiro atoms. The molecule has 0 aromatic rings. The van der Waals surface area contributed by atoms with Gasteiger partial charge in [-0.2, -0.15) is 0 Å². The van der Waals surface area contributed by atoms with Crippen molar-refractivity contribution < 1.29 is 9.53 Å². The summed E-state index contributed by atoms with van der Waals surface area (Å²) in [5.41, 5.74) is 5.02. The summed E-state index contributed by atoms with van der Waals surface area (Å²) < 4.78 is 5.59. The van der Waals surface area contributed by atoms with E-state index in [2.05, 4.69) is 5.92 Å². The third-order valence-electron chi connectivity index (χ3n) is 3.89. The van der Waals surface area contributed by atoms with Crippen LogP contribution in [0.2, 0.25) is 0 Å². The summed E-state index contributed by atoms with van der Waals surface area (Å²) in [6.45, 7) is 6.81. The molecule has 4 heteroatoms. The van der Waals surface area contributed by atoms with Crippen molar-refractivity contribution in [2.75, 3.05) is 20.2 Å². The Balaban J connectivity index is 2.79. The summed E-state index contributed by atoms with van der Waals surface area (Å²) in [5, 5.41) is 0. The quantitative estimate of drug-likeness (QED) is 0.730. The van der Waals surface area contributed by atoms with E-state index in [0.717, 1.165) is 0 Å². The van der Waals surface area contributed by atoms with E-state index in [9.17, 15) is 4.79 Å². The van der Waals surface area contributed by atoms with Crippen LogP contribution in [0.5, 0.6) is 0 Å². The van der Waals surface area contributed by atoms with Crippen molar-refractivity contribution >= 4 is 5.91 Å². The third kappa shape index (κ3) is 2.05. The number of amides is 1. The second-order valence-corrected chi connectivity index (χ2v) is 5.21. The molecule has 0 aromatic heterocycles. The summed E-state index contributed by atoms with van der Waals surface area (Å²) in [6.07, 6.45) is 5.80. The van der Waals surface area contributed by atoms with Crippen LogP contribution in [-0.4, -0.2) is 42.6 Å². The lowest BCUT2D eigenvalue weighted by Gasteiger charge is -2.58. The summed E-state index contributed by atoms with van der Waals surface area (Å²) in [4.78, 5) is 13.8. The molecule has 96 valence electrons. The van der Waals surface area contributed by atoms with Crippen LogP contribution in [0.3, 0.4) is 0 Å². The zero-order chi connectivity index (χ0) is 13.3. The number of nitrogens with two attached hydrogens (primary N) is 1. The standard InChI is InChI=1S/C13H22N2O2/c1-6-8-15(5)11(16)13(14)9-10(17-7-2)12(13,3)4/h1,10H,7-9,14H2,2-5H3. The summed E-state index contributed by atoms with van der Waals surface area (Å²) in [5.74, 6) is 2.35. The third-order valence-corrected chi connectivity index (χ3v) is 3.89. The molecule has 0 bridgehead atoms. The van der Waals surface area contributed by atoms with Gasteiger partial charge in [-0.05, 0) is 6.92 Å². The molecule has 1 aliphatic carbocycles. The van der Waals surface area contributed by atoms with E-state index in [4.69, 9.17) is 16.9 Å². The maximum Gasteiger partial charge on any atom is 0.243 e. The number of likely N-dealkylation sites (N-methyl/N-ethyl adjacent to an activating group) is 1. The molecule has 1 aliphatic rings. The van der Waals surface area contributed by atoms with E-state index in [1.807, 2.05) is 20.8 Å². The number of terminal acetylenes is 1. The van der Waals surface area contributed by atoms with Crippen LogP contribution in [0.15, 0.2) is 0 Å². The Morgan fingerprint density at radius 2 is 2.24 bits per heavy atom. The summed E-state index contributed by atoms with van der Waals surface area (Å²) in [7, 11) is 1.68. The molecule has 0 heterocycles. The molecule has 2 atom stereocenters. The fourth-order valence-electron chi connectivity index (χ4n) is 2.35. The van der Waals surface area contributed by atoms with Crippen LogP contribution >= 0.6 is 0 Å². The highest BCUT2D eigenvalue weighted by Crippen LogP contribution is 2.50. The van der Waals surface area contributed by atoms with Gasteiger partial charge in [0.2, 0.25) is 5.91 Å². The van der Waals surface area contributed by atoms with Gasteiger partial charge < -0.3 is 15.4 Å². The smallest absolute Gasteiger partial charge is 0.243 e. The lowest BCUT2D eigenvalue weighted by atomic mass is 9.54. The molecule has 1 rings (SSSR count). The Labute approximate surface area is 103 Å². The van der Waals surface area contributed by atoms with E-state index in [1.165, 1.54) is 4.90 Å². The lowest BCUT2D eigenvalue weighted by Crippen LogP contribution is -2.75. The molecule has 2 N–H and O–H groups in total. The zero-order valence-corrected chi connectivity index (χ0v) is 11.1. The molecular formula is C13H22N2O2. The number of rotatable bonds is 4. The van der Waals surface area contributed by atoms with Crippen molar-refractivity contribution in [3.05, 3.63) is 0 Å². The Morgan fingerprint density at radius 1 is 1.65 bits per heavy atom. The van der Waals surface area contributed by atoms with Gasteiger partial charge in [-0.15, -0.1) is 6.42 Å². The van der Waals surface area contributed by atoms with Gasteiger partial charge in [0.05, 0.1) is 12.6 Å². The van der Waals surface area contributed by atoms with Crippen LogP contribution in [-0.2, 0) is 9.53 Å². The molecular weight excluding hydrogens is 216 g/mol. The van der Waals surface area contributed by atoms with Crippen LogP contribution in [0, 0.1) is 17.8 Å². The largest absolute Gasteiger partial charge is 0.378 e. The van der Waals surface area contributed by atoms with Gasteiger partial charge in [0, 0.05) is 25.5 Å². The second-order valence-electron chi connectivity index (χ2n) is 5.21. The number of hydrogen-bond acceptors (Lipinski definition) is 3. The molecule has 0 radical (unpaired) electrons. The highest BCUT2D eigenvalue weighted by Gasteiger charge is 2.63. The van der Waals surface area contributed by atoms with Gasteiger partial charge in [0.1, 0.15) is 5.54 Å². The molecule has 17 heavy (non-hydrogen) atoms. The van der Waals surface area contributed by atoms with Gasteiger partial charge in [-0.3, -0.25) is 4.79 Å². The molecule has 2 unspecified atom stereocenters. The maximum atomic E-state index is 12.3. The molecule has 1 fully saturated rings. The monoisotopic (exact) mass is 238 g/mol. The fourth-order valence-corrected chi connectivity index (χ4v) is 2.35. The van der Waals surface area contributed by atoms with Crippen molar-refractivity contribution in [3.63, 3.8) is 0 Å². The van der Waals surface area contributed by atoms with Gasteiger partial charge in [-0.25, -0.2) is 0 Å². The molecule has 0 aliphatic heterocycles. The minimum absolute atomic E-state index is 0.0423. The van der Waals surface area contributed by atoms with Crippen molar-refractivity contribution in [1.82, 2.24) is 4.90 Å². The lowest BCUT2D eigenvalue weighted by molar-refractivity contribution is -0.177. The minimum atomic E-state index is -0.863.